The van der Waals surface area contributed by atoms with Crippen molar-refractivity contribution in [3.8, 4) is 0 Å². The molecule has 0 aliphatic carbocycles. The Morgan fingerprint density at radius 1 is 1.23 bits per heavy atom. The van der Waals surface area contributed by atoms with Gasteiger partial charge in [0, 0.05) is 12.8 Å². The third-order valence-electron chi connectivity index (χ3n) is 4.19. The maximum Gasteiger partial charge on any atom is 0.188 e. The van der Waals surface area contributed by atoms with Crippen LogP contribution in [0.3, 0.4) is 0 Å². The molecule has 2 aliphatic rings. The van der Waals surface area contributed by atoms with Gasteiger partial charge in [0.05, 0.1) is 18.8 Å². The van der Waals surface area contributed by atoms with Crippen molar-refractivity contribution in [3.05, 3.63) is 48.6 Å². The number of hydrogen-bond donors (Lipinski definition) is 0. The Morgan fingerprint density at radius 3 is 2.68 bits per heavy atom. The third-order valence-corrected chi connectivity index (χ3v) is 4.19. The lowest BCUT2D eigenvalue weighted by atomic mass is 9.95. The smallest absolute Gasteiger partial charge is 0.188 e. The Balaban J connectivity index is 1.48. The molecule has 3 atom stereocenters. The monoisotopic (exact) mass is 304 g/mol. The number of rotatable bonds is 6. The Kier molecular flexibility index (Phi) is 4.37. The van der Waals surface area contributed by atoms with Crippen LogP contribution in [0.5, 0.6) is 0 Å². The lowest BCUT2D eigenvalue weighted by Crippen LogP contribution is -2.32. The fraction of sp³-hybridized carbons (Fsp3) is 0.556. The van der Waals surface area contributed by atoms with Crippen LogP contribution >= 0.6 is 0 Å². The molecular formula is C18H24O4. The van der Waals surface area contributed by atoms with Gasteiger partial charge in [-0.1, -0.05) is 36.4 Å². The highest BCUT2D eigenvalue weighted by Gasteiger charge is 2.53. The minimum Gasteiger partial charge on any atom is -0.377 e. The van der Waals surface area contributed by atoms with E-state index in [1.165, 1.54) is 5.56 Å². The molecule has 0 aromatic heterocycles. The first-order valence-electron chi connectivity index (χ1n) is 7.81. The summed E-state index contributed by atoms with van der Waals surface area (Å²) in [5.41, 5.74) is 0.760. The van der Waals surface area contributed by atoms with Crippen molar-refractivity contribution in [2.75, 3.05) is 6.61 Å². The minimum absolute atomic E-state index is 0.0258. The molecule has 0 bridgehead atoms. The minimum atomic E-state index is -0.563. The lowest BCUT2D eigenvalue weighted by molar-refractivity contribution is -0.218. The van der Waals surface area contributed by atoms with Gasteiger partial charge in [0.2, 0.25) is 0 Å². The summed E-state index contributed by atoms with van der Waals surface area (Å²) in [4.78, 5) is 0. The molecule has 22 heavy (non-hydrogen) atoms. The number of hydrogen-bond acceptors (Lipinski definition) is 4. The molecule has 0 amide bonds. The van der Waals surface area contributed by atoms with Crippen molar-refractivity contribution in [3.63, 3.8) is 0 Å². The van der Waals surface area contributed by atoms with E-state index in [9.17, 15) is 0 Å². The first-order chi connectivity index (χ1) is 10.5. The topological polar surface area (TPSA) is 36.9 Å². The maximum absolute atomic E-state index is 6.06. The van der Waals surface area contributed by atoms with E-state index in [1.807, 2.05) is 38.1 Å². The molecule has 0 saturated carbocycles. The molecule has 3 unspecified atom stereocenters. The van der Waals surface area contributed by atoms with Gasteiger partial charge in [-0.3, -0.25) is 0 Å². The summed E-state index contributed by atoms with van der Waals surface area (Å²) in [6, 6.07) is 10.2. The van der Waals surface area contributed by atoms with Gasteiger partial charge in [0.1, 0.15) is 6.10 Å². The van der Waals surface area contributed by atoms with Crippen LogP contribution in [-0.2, 0) is 25.6 Å². The molecule has 3 rings (SSSR count). The molecule has 4 nitrogen and oxygen atoms in total. The fourth-order valence-electron chi connectivity index (χ4n) is 3.07. The van der Waals surface area contributed by atoms with E-state index in [0.717, 1.165) is 12.8 Å². The SMILES string of the molecule is C=CC1(CCOCc2ccccc2)CC2OC(C)(C)OC2O1. The molecule has 1 aromatic rings. The van der Waals surface area contributed by atoms with Crippen molar-refractivity contribution in [2.45, 2.75) is 57.1 Å². The van der Waals surface area contributed by atoms with Gasteiger partial charge >= 0.3 is 0 Å². The third kappa shape index (κ3) is 3.41. The summed E-state index contributed by atoms with van der Waals surface area (Å²) in [7, 11) is 0. The predicted octanol–water partition coefficient (Wildman–Crippen LogP) is 3.42. The van der Waals surface area contributed by atoms with Crippen LogP contribution in [0, 0.1) is 0 Å². The Bertz CT molecular complexity index is 495. The van der Waals surface area contributed by atoms with Crippen LogP contribution in [0.25, 0.3) is 0 Å². The number of fused-ring (bicyclic) bond motifs is 1. The summed E-state index contributed by atoms with van der Waals surface area (Å²) in [5, 5.41) is 0. The zero-order valence-electron chi connectivity index (χ0n) is 13.3. The van der Waals surface area contributed by atoms with Crippen molar-refractivity contribution in [2.24, 2.45) is 0 Å². The Morgan fingerprint density at radius 2 is 2.00 bits per heavy atom. The van der Waals surface area contributed by atoms with Crippen molar-refractivity contribution in [1.82, 2.24) is 0 Å². The van der Waals surface area contributed by atoms with E-state index >= 15 is 0 Å². The second-order valence-corrected chi connectivity index (χ2v) is 6.42. The van der Waals surface area contributed by atoms with E-state index in [0.29, 0.717) is 13.2 Å². The van der Waals surface area contributed by atoms with Crippen molar-refractivity contribution in [1.29, 1.82) is 0 Å². The van der Waals surface area contributed by atoms with E-state index in [1.54, 1.807) is 0 Å². The molecule has 0 N–H and O–H groups in total. The van der Waals surface area contributed by atoms with Crippen LogP contribution in [0.1, 0.15) is 32.3 Å². The van der Waals surface area contributed by atoms with Crippen molar-refractivity contribution >= 4 is 0 Å². The van der Waals surface area contributed by atoms with Gasteiger partial charge in [0.25, 0.3) is 0 Å². The molecule has 2 heterocycles. The summed E-state index contributed by atoms with van der Waals surface area (Å²) >= 11 is 0. The molecule has 4 heteroatoms. The number of benzene rings is 1. The largest absolute Gasteiger partial charge is 0.377 e. The van der Waals surface area contributed by atoms with E-state index < -0.39 is 11.4 Å². The molecule has 2 saturated heterocycles. The fourth-order valence-corrected chi connectivity index (χ4v) is 3.07. The van der Waals surface area contributed by atoms with Crippen molar-refractivity contribution < 1.29 is 18.9 Å². The van der Waals surface area contributed by atoms with Crippen LogP contribution in [0.2, 0.25) is 0 Å². The summed E-state index contributed by atoms with van der Waals surface area (Å²) in [6.45, 7) is 8.97. The van der Waals surface area contributed by atoms with E-state index in [4.69, 9.17) is 18.9 Å². The van der Waals surface area contributed by atoms with Crippen LogP contribution in [0.15, 0.2) is 43.0 Å². The second-order valence-electron chi connectivity index (χ2n) is 6.42. The first-order valence-corrected chi connectivity index (χ1v) is 7.81. The highest BCUT2D eigenvalue weighted by Crippen LogP contribution is 2.43. The van der Waals surface area contributed by atoms with Gasteiger partial charge in [-0.25, -0.2) is 0 Å². The molecule has 0 radical (unpaired) electrons. The highest BCUT2D eigenvalue weighted by atomic mass is 16.8. The molecule has 120 valence electrons. The first kappa shape index (κ1) is 15.7. The van der Waals surface area contributed by atoms with Crippen LogP contribution in [-0.4, -0.2) is 30.4 Å². The van der Waals surface area contributed by atoms with Gasteiger partial charge < -0.3 is 18.9 Å². The maximum atomic E-state index is 6.06. The van der Waals surface area contributed by atoms with E-state index in [2.05, 4.69) is 18.7 Å². The van der Waals surface area contributed by atoms with Crippen LogP contribution < -0.4 is 0 Å². The standard InChI is InChI=1S/C18H24O4/c1-4-18(10-11-19-13-14-8-6-5-7-9-14)12-15-16(22-18)21-17(2,3)20-15/h4-9,15-16H,1,10-13H2,2-3H3. The van der Waals surface area contributed by atoms with Gasteiger partial charge in [0.15, 0.2) is 12.1 Å². The lowest BCUT2D eigenvalue weighted by Gasteiger charge is -2.28. The molecular weight excluding hydrogens is 280 g/mol. The molecule has 2 aliphatic heterocycles. The summed E-state index contributed by atoms with van der Waals surface area (Å²) in [6.07, 6.45) is 3.05. The van der Waals surface area contributed by atoms with E-state index in [-0.39, 0.29) is 12.4 Å². The predicted molar refractivity (Wildman–Crippen MR) is 83.2 cm³/mol. The average molecular weight is 304 g/mol. The Hall–Kier alpha value is -1.20. The zero-order chi connectivity index (χ0) is 15.6. The molecule has 1 aromatic carbocycles. The quantitative estimate of drug-likeness (QED) is 0.596. The normalized spacial score (nSPS) is 32.8. The van der Waals surface area contributed by atoms with Crippen LogP contribution in [0.4, 0.5) is 0 Å². The van der Waals surface area contributed by atoms with Gasteiger partial charge in [-0.15, -0.1) is 6.58 Å². The van der Waals surface area contributed by atoms with Gasteiger partial charge in [-0.2, -0.15) is 0 Å². The molecule has 0 spiro atoms. The zero-order valence-corrected chi connectivity index (χ0v) is 13.3. The number of ether oxygens (including phenoxy) is 4. The molecule has 2 fully saturated rings. The van der Waals surface area contributed by atoms with Gasteiger partial charge in [-0.05, 0) is 19.4 Å². The average Bonchev–Trinajstić information content (AvgIpc) is 2.95. The summed E-state index contributed by atoms with van der Waals surface area (Å²) < 4.78 is 23.5. The summed E-state index contributed by atoms with van der Waals surface area (Å²) in [5.74, 6) is -0.563. The second kappa shape index (κ2) is 6.13. The Labute approximate surface area is 132 Å². The highest BCUT2D eigenvalue weighted by molar-refractivity contribution is 5.13.